The van der Waals surface area contributed by atoms with Gasteiger partial charge in [0.05, 0.1) is 0 Å². The molecule has 0 bridgehead atoms. The van der Waals surface area contributed by atoms with E-state index in [-0.39, 0.29) is 0 Å². The summed E-state index contributed by atoms with van der Waals surface area (Å²) in [4.78, 5) is 0. The van der Waals surface area contributed by atoms with Gasteiger partial charge in [-0.25, -0.2) is 0 Å². The van der Waals surface area contributed by atoms with Gasteiger partial charge in [-0.3, -0.25) is 0 Å². The second-order valence-electron chi connectivity index (χ2n) is 14.3. The van der Waals surface area contributed by atoms with E-state index in [0.717, 1.165) is 0 Å². The van der Waals surface area contributed by atoms with Crippen molar-refractivity contribution in [1.29, 1.82) is 0 Å². The van der Waals surface area contributed by atoms with Crippen LogP contribution in [0, 0.1) is 0 Å². The van der Waals surface area contributed by atoms with Gasteiger partial charge in [0.25, 0.3) is 0 Å². The van der Waals surface area contributed by atoms with Gasteiger partial charge in [-0.2, -0.15) is 0 Å². The van der Waals surface area contributed by atoms with Crippen LogP contribution in [0.2, 0.25) is 0 Å². The Labute approximate surface area is 319 Å². The number of rotatable bonds is 3. The lowest BCUT2D eigenvalue weighted by molar-refractivity contribution is 1.64. The second kappa shape index (κ2) is 11.6. The molecule has 0 aliphatic rings. The summed E-state index contributed by atoms with van der Waals surface area (Å²) in [6, 6.07) is 67.6. The molecular formula is C52H30S2. The lowest BCUT2D eigenvalue weighted by Crippen LogP contribution is -1.91. The van der Waals surface area contributed by atoms with Crippen molar-refractivity contribution in [3.8, 4) is 33.4 Å². The van der Waals surface area contributed by atoms with Gasteiger partial charge in [0.1, 0.15) is 0 Å². The molecule has 0 unspecified atom stereocenters. The van der Waals surface area contributed by atoms with Gasteiger partial charge in [-0.1, -0.05) is 170 Å². The largest absolute Gasteiger partial charge is 0.135 e. The summed E-state index contributed by atoms with van der Waals surface area (Å²) < 4.78 is 5.46. The van der Waals surface area contributed by atoms with E-state index in [9.17, 15) is 0 Å². The van der Waals surface area contributed by atoms with Crippen LogP contribution in [0.4, 0.5) is 0 Å². The van der Waals surface area contributed by atoms with Crippen LogP contribution in [-0.4, -0.2) is 0 Å². The predicted octanol–water partition coefficient (Wildman–Crippen LogP) is 16.0. The molecule has 2 aromatic heterocycles. The molecule has 2 heterocycles. The molecule has 250 valence electrons. The zero-order chi connectivity index (χ0) is 35.3. The summed E-state index contributed by atoms with van der Waals surface area (Å²) in [5.74, 6) is 0. The molecule has 54 heavy (non-hydrogen) atoms. The van der Waals surface area contributed by atoms with E-state index in [1.54, 1.807) is 0 Å². The van der Waals surface area contributed by atoms with Crippen molar-refractivity contribution in [2.75, 3.05) is 0 Å². The fourth-order valence-electron chi connectivity index (χ4n) is 9.08. The van der Waals surface area contributed by atoms with Crippen molar-refractivity contribution in [2.24, 2.45) is 0 Å². The number of benzene rings is 10. The van der Waals surface area contributed by atoms with Crippen LogP contribution in [0.15, 0.2) is 182 Å². The maximum atomic E-state index is 2.41. The molecule has 10 aromatic carbocycles. The van der Waals surface area contributed by atoms with Crippen LogP contribution in [0.3, 0.4) is 0 Å². The van der Waals surface area contributed by atoms with Gasteiger partial charge in [0.2, 0.25) is 0 Å². The Kier molecular flexibility index (Phi) is 6.48. The van der Waals surface area contributed by atoms with Gasteiger partial charge in [0, 0.05) is 51.1 Å². The van der Waals surface area contributed by atoms with E-state index in [0.29, 0.717) is 0 Å². The first-order valence-electron chi connectivity index (χ1n) is 18.5. The Balaban J connectivity index is 1.03. The first-order chi connectivity index (χ1) is 26.8. The molecule has 2 heteroatoms. The molecular weight excluding hydrogens is 689 g/mol. The van der Waals surface area contributed by atoms with E-state index in [1.165, 1.54) is 117 Å². The zero-order valence-corrected chi connectivity index (χ0v) is 30.8. The minimum atomic E-state index is 1.23. The van der Waals surface area contributed by atoms with Crippen LogP contribution in [0.5, 0.6) is 0 Å². The lowest BCUT2D eigenvalue weighted by atomic mass is 9.84. The Morgan fingerprint density at radius 1 is 0.278 bits per heavy atom. The fraction of sp³-hybridized carbons (Fsp3) is 0. The number of hydrogen-bond donors (Lipinski definition) is 0. The summed E-state index contributed by atoms with van der Waals surface area (Å²) >= 11 is 3.86. The first-order valence-corrected chi connectivity index (χ1v) is 20.1. The maximum Gasteiger partial charge on any atom is 0.0441 e. The standard InChI is InChI=1S/C52H30S2/c1-2-14-35-32(12-1)13-11-22-36(35)48-39-17-5-3-15-37(39)47(38-16-4-6-18-40(38)48)33-26-24-31(25-27-33)34-28-29-44-46(30-34)54-52-42-20-8-7-19-41(42)51-49(50(44)52)43-21-9-10-23-45(43)53-51/h1-30H. The highest BCUT2D eigenvalue weighted by atomic mass is 32.1. The average Bonchev–Trinajstić information content (AvgIpc) is 3.82. The van der Waals surface area contributed by atoms with Crippen molar-refractivity contribution >= 4 is 106 Å². The highest BCUT2D eigenvalue weighted by Gasteiger charge is 2.20. The minimum Gasteiger partial charge on any atom is -0.135 e. The zero-order valence-electron chi connectivity index (χ0n) is 29.1. The van der Waals surface area contributed by atoms with Crippen LogP contribution in [0.1, 0.15) is 0 Å². The molecule has 0 saturated heterocycles. The van der Waals surface area contributed by atoms with E-state index < -0.39 is 0 Å². The van der Waals surface area contributed by atoms with E-state index >= 15 is 0 Å². The molecule has 0 fully saturated rings. The highest BCUT2D eigenvalue weighted by Crippen LogP contribution is 2.50. The molecule has 12 rings (SSSR count). The Morgan fingerprint density at radius 3 is 1.41 bits per heavy atom. The van der Waals surface area contributed by atoms with Gasteiger partial charge in [-0.15, -0.1) is 22.7 Å². The minimum absolute atomic E-state index is 1.23. The number of fused-ring (bicyclic) bond motifs is 13. The number of thiophene rings is 2. The molecule has 0 amide bonds. The van der Waals surface area contributed by atoms with E-state index in [1.807, 2.05) is 22.7 Å². The number of hydrogen-bond acceptors (Lipinski definition) is 2. The van der Waals surface area contributed by atoms with Crippen molar-refractivity contribution in [3.05, 3.63) is 182 Å². The molecule has 12 aromatic rings. The summed E-state index contributed by atoms with van der Waals surface area (Å²) in [6.45, 7) is 0. The maximum absolute atomic E-state index is 2.41. The third-order valence-corrected chi connectivity index (χ3v) is 13.8. The topological polar surface area (TPSA) is 0 Å². The molecule has 0 saturated carbocycles. The quantitative estimate of drug-likeness (QED) is 0.160. The van der Waals surface area contributed by atoms with Crippen molar-refractivity contribution in [2.45, 2.75) is 0 Å². The Morgan fingerprint density at radius 2 is 0.741 bits per heavy atom. The Hall–Kier alpha value is -6.32. The monoisotopic (exact) mass is 718 g/mol. The van der Waals surface area contributed by atoms with Crippen molar-refractivity contribution in [3.63, 3.8) is 0 Å². The summed E-state index contributed by atoms with van der Waals surface area (Å²) in [5.41, 5.74) is 7.58. The molecule has 0 aliphatic heterocycles. The van der Waals surface area contributed by atoms with Gasteiger partial charge in [0.15, 0.2) is 0 Å². The van der Waals surface area contributed by atoms with Crippen molar-refractivity contribution in [1.82, 2.24) is 0 Å². The van der Waals surface area contributed by atoms with Gasteiger partial charge < -0.3 is 0 Å². The Bertz CT molecular complexity index is 3430. The molecule has 0 radical (unpaired) electrons. The highest BCUT2D eigenvalue weighted by molar-refractivity contribution is 7.29. The van der Waals surface area contributed by atoms with Crippen LogP contribution in [0.25, 0.3) is 117 Å². The van der Waals surface area contributed by atoms with Gasteiger partial charge >= 0.3 is 0 Å². The summed E-state index contributed by atoms with van der Waals surface area (Å²) in [5, 5.41) is 15.9. The third kappa shape index (κ3) is 4.30. The average molecular weight is 719 g/mol. The lowest BCUT2D eigenvalue weighted by Gasteiger charge is -2.19. The van der Waals surface area contributed by atoms with Crippen LogP contribution >= 0.6 is 22.7 Å². The van der Waals surface area contributed by atoms with Crippen LogP contribution < -0.4 is 0 Å². The first kappa shape index (κ1) is 30.2. The SMILES string of the molecule is c1ccc2c(-c3c4ccccc4c(-c4ccc(-c5ccc6c(c5)sc5c7ccccc7c7sc8ccccc8c7c65)cc4)c4ccccc34)cccc2c1. The van der Waals surface area contributed by atoms with Crippen LogP contribution in [-0.2, 0) is 0 Å². The molecule has 0 aliphatic carbocycles. The third-order valence-electron chi connectivity index (χ3n) is 11.4. The predicted molar refractivity (Wildman–Crippen MR) is 239 cm³/mol. The summed E-state index contributed by atoms with van der Waals surface area (Å²) in [6.07, 6.45) is 0. The smallest absolute Gasteiger partial charge is 0.0441 e. The van der Waals surface area contributed by atoms with E-state index in [2.05, 4.69) is 182 Å². The van der Waals surface area contributed by atoms with Crippen molar-refractivity contribution < 1.29 is 0 Å². The normalized spacial score (nSPS) is 12.1. The summed E-state index contributed by atoms with van der Waals surface area (Å²) in [7, 11) is 0. The van der Waals surface area contributed by atoms with E-state index in [4.69, 9.17) is 0 Å². The fourth-order valence-corrected chi connectivity index (χ4v) is 11.6. The molecule has 0 N–H and O–H groups in total. The second-order valence-corrected chi connectivity index (χ2v) is 16.4. The molecule has 0 nitrogen and oxygen atoms in total. The molecule has 0 atom stereocenters. The van der Waals surface area contributed by atoms with Gasteiger partial charge in [-0.05, 0) is 77.8 Å². The molecule has 0 spiro atoms.